The molecule has 2 nitrogen and oxygen atoms in total. The van der Waals surface area contributed by atoms with E-state index < -0.39 is 0 Å². The highest BCUT2D eigenvalue weighted by Gasteiger charge is 2.13. The van der Waals surface area contributed by atoms with Crippen molar-refractivity contribution in [3.63, 3.8) is 0 Å². The van der Waals surface area contributed by atoms with Crippen LogP contribution in [0.25, 0.3) is 32.8 Å². The summed E-state index contributed by atoms with van der Waals surface area (Å²) < 4.78 is 0. The third-order valence-electron chi connectivity index (χ3n) is 5.29. The highest BCUT2D eigenvalue weighted by atomic mass is 14.8. The Morgan fingerprint density at radius 1 is 0.607 bits per heavy atom. The first-order valence-corrected chi connectivity index (χ1v) is 9.49. The van der Waals surface area contributed by atoms with Gasteiger partial charge in [-0.2, -0.15) is 0 Å². The maximum atomic E-state index is 6.50. The molecule has 2 N–H and O–H groups in total. The Kier molecular flexibility index (Phi) is 4.12. The molecule has 1 aromatic heterocycles. The lowest BCUT2D eigenvalue weighted by molar-refractivity contribution is 0.831. The first kappa shape index (κ1) is 16.7. The summed E-state index contributed by atoms with van der Waals surface area (Å²) in [6, 6.07) is 35.3. The van der Waals surface area contributed by atoms with Crippen LogP contribution in [-0.2, 0) is 0 Å². The van der Waals surface area contributed by atoms with Crippen LogP contribution in [0.5, 0.6) is 0 Å². The zero-order valence-corrected chi connectivity index (χ0v) is 15.4. The van der Waals surface area contributed by atoms with Crippen LogP contribution < -0.4 is 5.73 Å². The molecule has 0 saturated heterocycles. The summed E-state index contributed by atoms with van der Waals surface area (Å²) >= 11 is 0. The molecule has 5 rings (SSSR count). The number of nitrogens with two attached hydrogens (primary N) is 1. The minimum Gasteiger partial charge on any atom is -0.319 e. The molecule has 134 valence electrons. The van der Waals surface area contributed by atoms with Crippen molar-refractivity contribution in [2.24, 2.45) is 5.73 Å². The molecule has 0 amide bonds. The van der Waals surface area contributed by atoms with Crippen molar-refractivity contribution >= 4 is 21.5 Å². The van der Waals surface area contributed by atoms with E-state index in [0.29, 0.717) is 0 Å². The molecule has 0 saturated carbocycles. The second kappa shape index (κ2) is 6.91. The van der Waals surface area contributed by atoms with Gasteiger partial charge < -0.3 is 5.73 Å². The number of benzene rings is 4. The fourth-order valence-electron chi connectivity index (χ4n) is 3.87. The standard InChI is InChI=1S/C26H20N2/c27-26(18-9-2-1-3-10-18)25-16-8-15-24(28-25)23-17-19-11-4-5-12-20(19)21-13-6-7-14-22(21)23/h1-17,26H,27H2. The number of pyridine rings is 1. The normalized spacial score (nSPS) is 12.3. The molecule has 0 aliphatic rings. The maximum Gasteiger partial charge on any atom is 0.0726 e. The first-order chi connectivity index (χ1) is 13.8. The highest BCUT2D eigenvalue weighted by molar-refractivity contribution is 6.13. The van der Waals surface area contributed by atoms with Crippen LogP contribution in [0.15, 0.2) is 103 Å². The predicted molar refractivity (Wildman–Crippen MR) is 117 cm³/mol. The molecule has 28 heavy (non-hydrogen) atoms. The number of aromatic nitrogens is 1. The molecule has 2 heteroatoms. The van der Waals surface area contributed by atoms with Gasteiger partial charge in [-0.1, -0.05) is 84.9 Å². The summed E-state index contributed by atoms with van der Waals surface area (Å²) in [6.45, 7) is 0. The Labute approximate surface area is 164 Å². The summed E-state index contributed by atoms with van der Waals surface area (Å²) in [5.74, 6) is 0. The van der Waals surface area contributed by atoms with E-state index in [1.165, 1.54) is 21.5 Å². The van der Waals surface area contributed by atoms with Crippen molar-refractivity contribution in [3.05, 3.63) is 114 Å². The van der Waals surface area contributed by atoms with Gasteiger partial charge in [-0.25, -0.2) is 0 Å². The molecule has 1 atom stereocenters. The summed E-state index contributed by atoms with van der Waals surface area (Å²) in [5, 5.41) is 4.93. The van der Waals surface area contributed by atoms with Gasteiger partial charge in [-0.15, -0.1) is 0 Å². The molecule has 0 fully saturated rings. The highest BCUT2D eigenvalue weighted by Crippen LogP contribution is 2.34. The Hall–Kier alpha value is -3.49. The molecule has 0 bridgehead atoms. The van der Waals surface area contributed by atoms with E-state index in [-0.39, 0.29) is 6.04 Å². The van der Waals surface area contributed by atoms with Crippen molar-refractivity contribution in [1.29, 1.82) is 0 Å². The van der Waals surface area contributed by atoms with Crippen molar-refractivity contribution in [3.8, 4) is 11.3 Å². The molecule has 0 aliphatic heterocycles. The SMILES string of the molecule is NC(c1ccccc1)c1cccc(-c2cc3ccccc3c3ccccc23)n1. The molecule has 0 radical (unpaired) electrons. The second-order valence-corrected chi connectivity index (χ2v) is 7.03. The molecule has 0 spiro atoms. The smallest absolute Gasteiger partial charge is 0.0726 e. The minimum atomic E-state index is -0.243. The Bertz CT molecular complexity index is 1280. The van der Waals surface area contributed by atoms with Gasteiger partial charge in [0.05, 0.1) is 17.4 Å². The molecular formula is C26H20N2. The third-order valence-corrected chi connectivity index (χ3v) is 5.29. The molecular weight excluding hydrogens is 340 g/mol. The van der Waals surface area contributed by atoms with Gasteiger partial charge in [0.15, 0.2) is 0 Å². The van der Waals surface area contributed by atoms with E-state index in [2.05, 4.69) is 60.7 Å². The van der Waals surface area contributed by atoms with Crippen LogP contribution >= 0.6 is 0 Å². The van der Waals surface area contributed by atoms with Gasteiger partial charge >= 0.3 is 0 Å². The zero-order chi connectivity index (χ0) is 18.9. The Morgan fingerprint density at radius 2 is 1.29 bits per heavy atom. The van der Waals surface area contributed by atoms with Crippen LogP contribution in [0, 0.1) is 0 Å². The van der Waals surface area contributed by atoms with E-state index in [1.807, 2.05) is 42.5 Å². The number of hydrogen-bond acceptors (Lipinski definition) is 2. The lowest BCUT2D eigenvalue weighted by atomic mass is 9.95. The second-order valence-electron chi connectivity index (χ2n) is 7.03. The minimum absolute atomic E-state index is 0.243. The van der Waals surface area contributed by atoms with Crippen molar-refractivity contribution < 1.29 is 0 Å². The van der Waals surface area contributed by atoms with E-state index in [4.69, 9.17) is 10.7 Å². The topological polar surface area (TPSA) is 38.9 Å². The van der Waals surface area contributed by atoms with Crippen LogP contribution in [-0.4, -0.2) is 4.98 Å². The van der Waals surface area contributed by atoms with Gasteiger partial charge in [0.1, 0.15) is 0 Å². The summed E-state index contributed by atoms with van der Waals surface area (Å²) in [4.78, 5) is 4.95. The fraction of sp³-hybridized carbons (Fsp3) is 0.0385. The zero-order valence-electron chi connectivity index (χ0n) is 15.4. The first-order valence-electron chi connectivity index (χ1n) is 9.49. The summed E-state index contributed by atoms with van der Waals surface area (Å²) in [6.07, 6.45) is 0. The van der Waals surface area contributed by atoms with Gasteiger partial charge in [0.25, 0.3) is 0 Å². The van der Waals surface area contributed by atoms with Gasteiger partial charge in [0.2, 0.25) is 0 Å². The van der Waals surface area contributed by atoms with Crippen LogP contribution in [0.4, 0.5) is 0 Å². The van der Waals surface area contributed by atoms with Crippen molar-refractivity contribution in [1.82, 2.24) is 4.98 Å². The van der Waals surface area contributed by atoms with Gasteiger partial charge in [0, 0.05) is 5.56 Å². The average molecular weight is 360 g/mol. The van der Waals surface area contributed by atoms with E-state index >= 15 is 0 Å². The molecule has 0 aliphatic carbocycles. The average Bonchev–Trinajstić information content (AvgIpc) is 2.79. The van der Waals surface area contributed by atoms with E-state index in [1.54, 1.807) is 0 Å². The fourth-order valence-corrected chi connectivity index (χ4v) is 3.87. The number of nitrogens with zero attached hydrogens (tertiary/aromatic N) is 1. The quantitative estimate of drug-likeness (QED) is 0.395. The Balaban J connectivity index is 1.70. The molecule has 1 unspecified atom stereocenters. The van der Waals surface area contributed by atoms with E-state index in [0.717, 1.165) is 22.5 Å². The summed E-state index contributed by atoms with van der Waals surface area (Å²) in [7, 11) is 0. The largest absolute Gasteiger partial charge is 0.319 e. The summed E-state index contributed by atoms with van der Waals surface area (Å²) in [5.41, 5.74) is 10.5. The molecule has 5 aromatic rings. The van der Waals surface area contributed by atoms with Gasteiger partial charge in [-0.05, 0) is 45.3 Å². The third kappa shape index (κ3) is 2.84. The van der Waals surface area contributed by atoms with Gasteiger partial charge in [-0.3, -0.25) is 4.98 Å². The number of rotatable bonds is 3. The predicted octanol–water partition coefficient (Wildman–Crippen LogP) is 6.10. The van der Waals surface area contributed by atoms with E-state index in [9.17, 15) is 0 Å². The van der Waals surface area contributed by atoms with Crippen molar-refractivity contribution in [2.75, 3.05) is 0 Å². The number of fused-ring (bicyclic) bond motifs is 3. The Morgan fingerprint density at radius 3 is 2.11 bits per heavy atom. The maximum absolute atomic E-state index is 6.50. The molecule has 1 heterocycles. The number of hydrogen-bond donors (Lipinski definition) is 1. The monoisotopic (exact) mass is 360 g/mol. The van der Waals surface area contributed by atoms with Crippen LogP contribution in [0.1, 0.15) is 17.3 Å². The van der Waals surface area contributed by atoms with Crippen LogP contribution in [0.2, 0.25) is 0 Å². The lowest BCUT2D eigenvalue weighted by Crippen LogP contribution is -2.13. The molecule has 4 aromatic carbocycles. The lowest BCUT2D eigenvalue weighted by Gasteiger charge is -2.14. The van der Waals surface area contributed by atoms with Crippen molar-refractivity contribution in [2.45, 2.75) is 6.04 Å². The van der Waals surface area contributed by atoms with Crippen LogP contribution in [0.3, 0.4) is 0 Å².